The predicted molar refractivity (Wildman–Crippen MR) is 93.5 cm³/mol. The quantitative estimate of drug-likeness (QED) is 0.518. The number of carbonyl (C=O) groups is 1. The van der Waals surface area contributed by atoms with E-state index in [9.17, 15) is 4.79 Å². The molecule has 1 fully saturated rings. The number of furan rings is 1. The van der Waals surface area contributed by atoms with Gasteiger partial charge in [0.1, 0.15) is 5.76 Å². The van der Waals surface area contributed by atoms with Gasteiger partial charge in [0.15, 0.2) is 8.99 Å². The van der Waals surface area contributed by atoms with E-state index in [1.54, 1.807) is 42.5 Å². The molecule has 0 atom stereocenters. The first kappa shape index (κ1) is 14.8. The Morgan fingerprint density at radius 1 is 1.33 bits per heavy atom. The Morgan fingerprint density at radius 3 is 2.81 bits per heavy atom. The van der Waals surface area contributed by atoms with Crippen LogP contribution in [0.4, 0.5) is 5.69 Å². The molecule has 0 unspecified atom stereocenters. The fraction of sp³-hybridized carbons (Fsp3) is 0. The Bertz CT molecular complexity index is 772. The van der Waals surface area contributed by atoms with Gasteiger partial charge < -0.3 is 4.42 Å². The van der Waals surface area contributed by atoms with Crippen molar-refractivity contribution in [1.82, 2.24) is 0 Å². The van der Waals surface area contributed by atoms with Crippen molar-refractivity contribution in [2.75, 3.05) is 4.90 Å². The van der Waals surface area contributed by atoms with Crippen LogP contribution in [0.3, 0.4) is 0 Å². The second kappa shape index (κ2) is 5.96. The van der Waals surface area contributed by atoms with Gasteiger partial charge in [-0.15, -0.1) is 0 Å². The van der Waals surface area contributed by atoms with Crippen molar-refractivity contribution in [3.8, 4) is 0 Å². The molecule has 0 aliphatic carbocycles. The molecular formula is C14H7BrClNO2S2. The molecule has 0 bridgehead atoms. The first-order valence-electron chi connectivity index (χ1n) is 5.83. The molecular weight excluding hydrogens is 394 g/mol. The van der Waals surface area contributed by atoms with Crippen molar-refractivity contribution in [3.05, 3.63) is 56.8 Å². The number of thioether (sulfide) groups is 1. The minimum absolute atomic E-state index is 0.181. The summed E-state index contributed by atoms with van der Waals surface area (Å²) in [6.07, 6.45) is 1.68. The lowest BCUT2D eigenvalue weighted by atomic mass is 10.3. The Labute approximate surface area is 144 Å². The number of benzene rings is 1. The molecule has 1 aliphatic rings. The van der Waals surface area contributed by atoms with Crippen molar-refractivity contribution < 1.29 is 9.21 Å². The van der Waals surface area contributed by atoms with E-state index < -0.39 is 0 Å². The van der Waals surface area contributed by atoms with Gasteiger partial charge in [0.05, 0.1) is 10.6 Å². The SMILES string of the molecule is O=C1C(=Cc2ccc(Br)o2)SC(=S)N1c1cccc(Cl)c1. The molecule has 0 radical (unpaired) electrons. The van der Waals surface area contributed by atoms with E-state index in [4.69, 9.17) is 28.2 Å². The van der Waals surface area contributed by atoms with Gasteiger partial charge in [-0.05, 0) is 46.3 Å². The number of carbonyl (C=O) groups excluding carboxylic acids is 1. The Morgan fingerprint density at radius 2 is 2.14 bits per heavy atom. The number of nitrogens with zero attached hydrogens (tertiary/aromatic N) is 1. The van der Waals surface area contributed by atoms with Gasteiger partial charge in [0, 0.05) is 11.1 Å². The third-order valence-corrected chi connectivity index (χ3v) is 4.69. The van der Waals surface area contributed by atoms with Crippen LogP contribution in [0.15, 0.2) is 50.4 Å². The van der Waals surface area contributed by atoms with Crippen LogP contribution < -0.4 is 4.90 Å². The molecule has 1 saturated heterocycles. The van der Waals surface area contributed by atoms with Crippen molar-refractivity contribution in [3.63, 3.8) is 0 Å². The van der Waals surface area contributed by atoms with Gasteiger partial charge in [-0.25, -0.2) is 0 Å². The number of hydrogen-bond acceptors (Lipinski definition) is 4. The van der Waals surface area contributed by atoms with Gasteiger partial charge in [0.25, 0.3) is 5.91 Å². The largest absolute Gasteiger partial charge is 0.450 e. The van der Waals surface area contributed by atoms with E-state index >= 15 is 0 Å². The summed E-state index contributed by atoms with van der Waals surface area (Å²) in [6, 6.07) is 10.6. The molecule has 1 aromatic heterocycles. The highest BCUT2D eigenvalue weighted by Crippen LogP contribution is 2.36. The van der Waals surface area contributed by atoms with E-state index in [0.717, 1.165) is 0 Å². The zero-order valence-electron chi connectivity index (χ0n) is 10.4. The zero-order valence-corrected chi connectivity index (χ0v) is 14.4. The number of rotatable bonds is 2. The maximum Gasteiger partial charge on any atom is 0.270 e. The van der Waals surface area contributed by atoms with Crippen LogP contribution in [0.2, 0.25) is 5.02 Å². The lowest BCUT2D eigenvalue weighted by molar-refractivity contribution is -0.113. The summed E-state index contributed by atoms with van der Waals surface area (Å²) in [6.45, 7) is 0. The van der Waals surface area contributed by atoms with Gasteiger partial charge in [-0.3, -0.25) is 9.69 Å². The second-order valence-corrected chi connectivity index (χ2v) is 7.03. The van der Waals surface area contributed by atoms with Crippen LogP contribution in [0.5, 0.6) is 0 Å². The number of hydrogen-bond donors (Lipinski definition) is 0. The fourth-order valence-corrected chi connectivity index (χ4v) is 3.62. The second-order valence-electron chi connectivity index (χ2n) is 4.14. The van der Waals surface area contributed by atoms with Crippen molar-refractivity contribution >= 4 is 73.5 Å². The summed E-state index contributed by atoms with van der Waals surface area (Å²) in [5, 5.41) is 0.556. The lowest BCUT2D eigenvalue weighted by Gasteiger charge is -2.14. The third kappa shape index (κ3) is 3.08. The maximum atomic E-state index is 12.5. The molecule has 1 aromatic carbocycles. The molecule has 3 rings (SSSR count). The van der Waals surface area contributed by atoms with Crippen LogP contribution in [0.25, 0.3) is 6.08 Å². The third-order valence-electron chi connectivity index (χ3n) is 2.73. The monoisotopic (exact) mass is 399 g/mol. The summed E-state index contributed by atoms with van der Waals surface area (Å²) in [7, 11) is 0. The Balaban J connectivity index is 1.94. The van der Waals surface area contributed by atoms with Crippen LogP contribution >= 0.6 is 51.5 Å². The molecule has 2 heterocycles. The molecule has 0 spiro atoms. The average Bonchev–Trinajstić information content (AvgIpc) is 2.94. The first-order chi connectivity index (χ1) is 10.0. The highest BCUT2D eigenvalue weighted by molar-refractivity contribution is 9.10. The van der Waals surface area contributed by atoms with Gasteiger partial charge in [0.2, 0.25) is 0 Å². The molecule has 1 aliphatic heterocycles. The molecule has 2 aromatic rings. The van der Waals surface area contributed by atoms with E-state index in [1.807, 2.05) is 0 Å². The smallest absolute Gasteiger partial charge is 0.270 e. The van der Waals surface area contributed by atoms with E-state index in [2.05, 4.69) is 15.9 Å². The number of halogens is 2. The van der Waals surface area contributed by atoms with Crippen LogP contribution in [0, 0.1) is 0 Å². The maximum absolute atomic E-state index is 12.5. The summed E-state index contributed by atoms with van der Waals surface area (Å²) in [4.78, 5) is 14.5. The number of thiocarbonyl (C=S) groups is 1. The lowest BCUT2D eigenvalue weighted by Crippen LogP contribution is -2.27. The van der Waals surface area contributed by atoms with Crippen LogP contribution in [-0.2, 0) is 4.79 Å². The predicted octanol–water partition coefficient (Wildman–Crippen LogP) is 5.10. The fourth-order valence-electron chi connectivity index (χ4n) is 1.84. The summed E-state index contributed by atoms with van der Waals surface area (Å²) >= 11 is 15.7. The molecule has 0 N–H and O–H groups in total. The van der Waals surface area contributed by atoms with E-state index in [-0.39, 0.29) is 5.91 Å². The standard InChI is InChI=1S/C14H7BrClNO2S2/c15-12-5-4-10(19-12)7-11-13(18)17(14(20)21-11)9-3-1-2-8(16)6-9/h1-7H. The molecule has 7 heteroatoms. The molecule has 0 saturated carbocycles. The Kier molecular flexibility index (Phi) is 4.21. The number of anilines is 1. The molecule has 1 amide bonds. The van der Waals surface area contributed by atoms with Crippen molar-refractivity contribution in [2.24, 2.45) is 0 Å². The van der Waals surface area contributed by atoms with Gasteiger partial charge >= 0.3 is 0 Å². The molecule has 106 valence electrons. The highest BCUT2D eigenvalue weighted by atomic mass is 79.9. The van der Waals surface area contributed by atoms with Gasteiger partial charge in [-0.1, -0.05) is 41.6 Å². The first-order valence-corrected chi connectivity index (χ1v) is 8.23. The normalized spacial score (nSPS) is 17.0. The Hall–Kier alpha value is -1.08. The van der Waals surface area contributed by atoms with E-state index in [1.165, 1.54) is 16.7 Å². The average molecular weight is 401 g/mol. The van der Waals surface area contributed by atoms with Crippen molar-refractivity contribution in [2.45, 2.75) is 0 Å². The highest BCUT2D eigenvalue weighted by Gasteiger charge is 2.33. The van der Waals surface area contributed by atoms with Crippen LogP contribution in [-0.4, -0.2) is 10.2 Å². The summed E-state index contributed by atoms with van der Waals surface area (Å²) in [5.74, 6) is 0.410. The van der Waals surface area contributed by atoms with Gasteiger partial charge in [-0.2, -0.15) is 0 Å². The van der Waals surface area contributed by atoms with Crippen molar-refractivity contribution in [1.29, 1.82) is 0 Å². The minimum atomic E-state index is -0.181. The summed E-state index contributed by atoms with van der Waals surface area (Å²) in [5.41, 5.74) is 0.661. The number of amides is 1. The molecule has 3 nitrogen and oxygen atoms in total. The zero-order chi connectivity index (χ0) is 15.0. The van der Waals surface area contributed by atoms with Crippen LogP contribution in [0.1, 0.15) is 5.76 Å². The summed E-state index contributed by atoms with van der Waals surface area (Å²) < 4.78 is 6.46. The molecule has 21 heavy (non-hydrogen) atoms. The topological polar surface area (TPSA) is 33.5 Å². The van der Waals surface area contributed by atoms with E-state index in [0.29, 0.717) is 30.4 Å². The minimum Gasteiger partial charge on any atom is -0.450 e.